The van der Waals surface area contributed by atoms with Crippen molar-refractivity contribution in [3.63, 3.8) is 0 Å². The maximum atomic E-state index is 11.9. The number of allylic oxidation sites excluding steroid dienone is 4. The van der Waals surface area contributed by atoms with Crippen molar-refractivity contribution in [1.29, 1.82) is 0 Å². The van der Waals surface area contributed by atoms with Gasteiger partial charge in [-0.15, -0.1) is 11.3 Å². The third-order valence-corrected chi connectivity index (χ3v) is 3.48. The van der Waals surface area contributed by atoms with Gasteiger partial charge in [0.2, 0.25) is 5.78 Å². The molecule has 0 amide bonds. The predicted octanol–water partition coefficient (Wildman–Crippen LogP) is 2.38. The quantitative estimate of drug-likeness (QED) is 0.647. The minimum Gasteiger partial charge on any atom is -0.289 e. The van der Waals surface area contributed by atoms with Gasteiger partial charge in [-0.25, -0.2) is 0 Å². The molecular formula is C11H6O2S. The number of carbonyl (C=O) groups is 2. The highest BCUT2D eigenvalue weighted by molar-refractivity contribution is 7.12. The van der Waals surface area contributed by atoms with Gasteiger partial charge in [0.15, 0.2) is 5.78 Å². The number of hydrogen-bond donors (Lipinski definition) is 0. The molecule has 0 bridgehead atoms. The van der Waals surface area contributed by atoms with Gasteiger partial charge in [-0.2, -0.15) is 0 Å². The molecule has 68 valence electrons. The second-order valence-electron chi connectivity index (χ2n) is 3.32. The summed E-state index contributed by atoms with van der Waals surface area (Å²) < 4.78 is 0. The Bertz CT molecular complexity index is 517. The van der Waals surface area contributed by atoms with E-state index in [4.69, 9.17) is 0 Å². The van der Waals surface area contributed by atoms with Crippen molar-refractivity contribution in [1.82, 2.24) is 0 Å². The van der Waals surface area contributed by atoms with Crippen LogP contribution < -0.4 is 0 Å². The molecule has 0 saturated carbocycles. The van der Waals surface area contributed by atoms with E-state index in [1.54, 1.807) is 17.5 Å². The zero-order valence-corrected chi connectivity index (χ0v) is 8.06. The summed E-state index contributed by atoms with van der Waals surface area (Å²) >= 11 is 1.35. The van der Waals surface area contributed by atoms with Gasteiger partial charge in [-0.3, -0.25) is 9.59 Å². The molecule has 1 heterocycles. The molecular weight excluding hydrogens is 196 g/mol. The Labute approximate surface area is 84.6 Å². The molecule has 2 aliphatic rings. The fourth-order valence-electron chi connectivity index (χ4n) is 1.88. The fourth-order valence-corrected chi connectivity index (χ4v) is 2.73. The van der Waals surface area contributed by atoms with Crippen LogP contribution in [0.15, 0.2) is 34.7 Å². The highest BCUT2D eigenvalue weighted by atomic mass is 32.1. The first-order chi connectivity index (χ1) is 6.79. The normalized spacial score (nSPS) is 18.9. The molecule has 0 saturated heterocycles. The lowest BCUT2D eigenvalue weighted by Gasteiger charge is -2.11. The third-order valence-electron chi connectivity index (χ3n) is 2.57. The number of Topliss-reactive ketones (excluding diaryl/α,β-unsaturated/α-hetero) is 2. The van der Waals surface area contributed by atoms with Gasteiger partial charge in [0.05, 0.1) is 4.88 Å². The maximum Gasteiger partial charge on any atom is 0.204 e. The molecule has 0 fully saturated rings. The average Bonchev–Trinajstić information content (AvgIpc) is 2.82. The van der Waals surface area contributed by atoms with Crippen LogP contribution in [0.1, 0.15) is 26.5 Å². The minimum absolute atomic E-state index is 0.0124. The van der Waals surface area contributed by atoms with Gasteiger partial charge >= 0.3 is 0 Å². The highest BCUT2D eigenvalue weighted by Gasteiger charge is 2.32. The molecule has 3 rings (SSSR count). The van der Waals surface area contributed by atoms with E-state index in [0.29, 0.717) is 28.0 Å². The van der Waals surface area contributed by atoms with Gasteiger partial charge in [-0.05, 0) is 17.9 Å². The summed E-state index contributed by atoms with van der Waals surface area (Å²) in [4.78, 5) is 24.3. The van der Waals surface area contributed by atoms with Crippen molar-refractivity contribution >= 4 is 22.9 Å². The smallest absolute Gasteiger partial charge is 0.204 e. The van der Waals surface area contributed by atoms with Crippen LogP contribution >= 0.6 is 11.3 Å². The Hall–Kier alpha value is -1.48. The topological polar surface area (TPSA) is 34.1 Å². The largest absolute Gasteiger partial charge is 0.289 e. The van der Waals surface area contributed by atoms with Gasteiger partial charge in [-0.1, -0.05) is 12.2 Å². The molecule has 2 nitrogen and oxygen atoms in total. The van der Waals surface area contributed by atoms with Crippen molar-refractivity contribution < 1.29 is 9.59 Å². The van der Waals surface area contributed by atoms with E-state index in [2.05, 4.69) is 0 Å². The van der Waals surface area contributed by atoms with E-state index in [-0.39, 0.29) is 11.6 Å². The van der Waals surface area contributed by atoms with E-state index in [1.807, 2.05) is 6.08 Å². The zero-order chi connectivity index (χ0) is 9.71. The third kappa shape index (κ3) is 0.800. The molecule has 0 atom stereocenters. The first-order valence-corrected chi connectivity index (χ1v) is 5.23. The first kappa shape index (κ1) is 7.88. The first-order valence-electron chi connectivity index (χ1n) is 4.35. The summed E-state index contributed by atoms with van der Waals surface area (Å²) in [6, 6.07) is 1.74. The monoisotopic (exact) mass is 202 g/mol. The molecule has 0 spiro atoms. The Morgan fingerprint density at radius 2 is 2.07 bits per heavy atom. The van der Waals surface area contributed by atoms with Gasteiger partial charge in [0.1, 0.15) is 0 Å². The van der Waals surface area contributed by atoms with E-state index in [1.165, 1.54) is 11.3 Å². The number of fused-ring (bicyclic) bond motifs is 1. The standard InChI is InChI=1S/C11H6O2S/c12-9-6-2-1-3-7(6)10(13)11-8(9)4-5-14-11/h1,3-5H,2H2. The lowest BCUT2D eigenvalue weighted by atomic mass is 9.91. The highest BCUT2D eigenvalue weighted by Crippen LogP contribution is 2.34. The predicted molar refractivity (Wildman–Crippen MR) is 53.8 cm³/mol. The van der Waals surface area contributed by atoms with Gasteiger partial charge in [0, 0.05) is 16.7 Å². The number of rotatable bonds is 0. The molecule has 0 radical (unpaired) electrons. The number of thiophene rings is 1. The lowest BCUT2D eigenvalue weighted by molar-refractivity contribution is 0.0981. The summed E-state index contributed by atoms with van der Waals surface area (Å²) in [5.74, 6) is 0.0409. The molecule has 0 aliphatic heterocycles. The van der Waals surface area contributed by atoms with E-state index < -0.39 is 0 Å². The summed E-state index contributed by atoms with van der Waals surface area (Å²) in [5.41, 5.74) is 1.85. The van der Waals surface area contributed by atoms with Crippen molar-refractivity contribution in [3.8, 4) is 0 Å². The van der Waals surface area contributed by atoms with Crippen LogP contribution in [0.3, 0.4) is 0 Å². The Morgan fingerprint density at radius 3 is 2.93 bits per heavy atom. The number of hydrogen-bond acceptors (Lipinski definition) is 3. The fraction of sp³-hybridized carbons (Fsp3) is 0.0909. The van der Waals surface area contributed by atoms with Crippen LogP contribution in [0.4, 0.5) is 0 Å². The Balaban J connectivity index is 2.29. The molecule has 0 unspecified atom stereocenters. The van der Waals surface area contributed by atoms with E-state index in [9.17, 15) is 9.59 Å². The molecule has 3 heteroatoms. The molecule has 1 aromatic rings. The van der Waals surface area contributed by atoms with Crippen LogP contribution in [-0.2, 0) is 0 Å². The summed E-state index contributed by atoms with van der Waals surface area (Å²) in [6.45, 7) is 0. The van der Waals surface area contributed by atoms with Crippen LogP contribution in [0, 0.1) is 0 Å². The SMILES string of the molecule is O=C1C2=C(C=CC2)C(=O)c2sccc21. The second-order valence-corrected chi connectivity index (χ2v) is 4.24. The summed E-state index contributed by atoms with van der Waals surface area (Å²) in [7, 11) is 0. The summed E-state index contributed by atoms with van der Waals surface area (Å²) in [6.07, 6.45) is 4.24. The Morgan fingerprint density at radius 1 is 1.21 bits per heavy atom. The molecule has 14 heavy (non-hydrogen) atoms. The van der Waals surface area contributed by atoms with Crippen LogP contribution in [0.25, 0.3) is 0 Å². The zero-order valence-electron chi connectivity index (χ0n) is 7.24. The number of ketones is 2. The van der Waals surface area contributed by atoms with Gasteiger partial charge in [0.25, 0.3) is 0 Å². The average molecular weight is 202 g/mol. The Kier molecular flexibility index (Phi) is 1.42. The molecule has 0 aromatic carbocycles. The van der Waals surface area contributed by atoms with Gasteiger partial charge < -0.3 is 0 Å². The molecule has 0 N–H and O–H groups in total. The van der Waals surface area contributed by atoms with Crippen LogP contribution in [0.5, 0.6) is 0 Å². The van der Waals surface area contributed by atoms with E-state index in [0.717, 1.165) is 0 Å². The van der Waals surface area contributed by atoms with Crippen molar-refractivity contribution in [3.05, 3.63) is 45.2 Å². The lowest BCUT2D eigenvalue weighted by Crippen LogP contribution is -2.16. The number of carbonyl (C=O) groups excluding carboxylic acids is 2. The summed E-state index contributed by atoms with van der Waals surface area (Å²) in [5, 5.41) is 1.80. The van der Waals surface area contributed by atoms with Crippen LogP contribution in [0.2, 0.25) is 0 Å². The molecule has 1 aromatic heterocycles. The van der Waals surface area contributed by atoms with E-state index >= 15 is 0 Å². The van der Waals surface area contributed by atoms with Crippen molar-refractivity contribution in [2.45, 2.75) is 6.42 Å². The van der Waals surface area contributed by atoms with Crippen LogP contribution in [-0.4, -0.2) is 11.6 Å². The molecule has 2 aliphatic carbocycles. The second kappa shape index (κ2) is 2.51. The maximum absolute atomic E-state index is 11.9. The minimum atomic E-state index is 0.0124. The van der Waals surface area contributed by atoms with Crippen molar-refractivity contribution in [2.24, 2.45) is 0 Å². The van der Waals surface area contributed by atoms with Crippen molar-refractivity contribution in [2.75, 3.05) is 0 Å².